The zero-order valence-electron chi connectivity index (χ0n) is 15.3. The summed E-state index contributed by atoms with van der Waals surface area (Å²) in [6.45, 7) is 5.62. The molecule has 0 atom stereocenters. The molecular weight excluding hydrogens is 361 g/mol. The minimum absolute atomic E-state index is 0. The molecule has 0 aromatic heterocycles. The molecule has 25 heavy (non-hydrogen) atoms. The molecule has 5 nitrogen and oxygen atoms in total. The fourth-order valence-corrected chi connectivity index (χ4v) is 4.60. The van der Waals surface area contributed by atoms with E-state index >= 15 is 0 Å². The van der Waals surface area contributed by atoms with Crippen molar-refractivity contribution in [2.45, 2.75) is 63.3 Å². The number of carbonyl (C=O) groups is 1. The summed E-state index contributed by atoms with van der Waals surface area (Å²) >= 11 is 0. The molecule has 0 unspecified atom stereocenters. The second-order valence-electron chi connectivity index (χ2n) is 8.00. The molecule has 1 saturated heterocycles. The quantitative estimate of drug-likeness (QED) is 0.750. The highest BCUT2D eigenvalue weighted by molar-refractivity contribution is 5.86. The Balaban J connectivity index is 0.00000156. The molecule has 0 bridgehead atoms. The molecule has 1 aliphatic heterocycles. The fraction of sp³-hybridized carbons (Fsp3) is 0.944. The molecule has 3 N–H and O–H groups in total. The van der Waals surface area contributed by atoms with Crippen LogP contribution in [-0.2, 0) is 9.53 Å². The van der Waals surface area contributed by atoms with Gasteiger partial charge in [0.2, 0.25) is 5.91 Å². The third kappa shape index (κ3) is 5.96. The Bertz CT molecular complexity index is 405. The summed E-state index contributed by atoms with van der Waals surface area (Å²) in [5.74, 6) is 0.0851. The lowest BCUT2D eigenvalue weighted by molar-refractivity contribution is -0.127. The van der Waals surface area contributed by atoms with E-state index in [1.807, 2.05) is 0 Å². The van der Waals surface area contributed by atoms with Gasteiger partial charge in [0.15, 0.2) is 0 Å². The number of hydrogen-bond acceptors (Lipinski definition) is 4. The molecule has 0 radical (unpaired) electrons. The normalized spacial score (nSPS) is 25.5. The molecule has 0 aromatic rings. The molecule has 2 saturated carbocycles. The average Bonchev–Trinajstić information content (AvgIpc) is 3.03. The van der Waals surface area contributed by atoms with Gasteiger partial charge in [0.25, 0.3) is 0 Å². The number of amides is 1. The number of hydrogen-bond donors (Lipinski definition) is 2. The summed E-state index contributed by atoms with van der Waals surface area (Å²) in [6, 6.07) is 0. The SMILES string of the molecule is Cl.Cl.NC1(C(=O)NCC2(CN3CCOCC3)CCCCC2)CCCC1. The van der Waals surface area contributed by atoms with Gasteiger partial charge < -0.3 is 15.8 Å². The van der Waals surface area contributed by atoms with Crippen LogP contribution < -0.4 is 11.1 Å². The second-order valence-corrected chi connectivity index (χ2v) is 8.00. The van der Waals surface area contributed by atoms with Crippen molar-refractivity contribution in [3.05, 3.63) is 0 Å². The lowest BCUT2D eigenvalue weighted by Gasteiger charge is -2.42. The predicted molar refractivity (Wildman–Crippen MR) is 106 cm³/mol. The molecule has 2 aliphatic carbocycles. The largest absolute Gasteiger partial charge is 0.379 e. The summed E-state index contributed by atoms with van der Waals surface area (Å²) in [6.07, 6.45) is 10.2. The van der Waals surface area contributed by atoms with E-state index in [4.69, 9.17) is 10.5 Å². The first kappa shape index (κ1) is 23.0. The zero-order valence-corrected chi connectivity index (χ0v) is 16.9. The summed E-state index contributed by atoms with van der Waals surface area (Å²) in [5.41, 5.74) is 5.94. The fourth-order valence-electron chi connectivity index (χ4n) is 4.60. The maximum Gasteiger partial charge on any atom is 0.240 e. The van der Waals surface area contributed by atoms with Crippen molar-refractivity contribution in [1.29, 1.82) is 0 Å². The zero-order chi connectivity index (χ0) is 16.2. The Kier molecular flexibility index (Phi) is 9.47. The molecule has 0 aromatic carbocycles. The Morgan fingerprint density at radius 2 is 1.52 bits per heavy atom. The number of nitrogens with two attached hydrogens (primary N) is 1. The summed E-state index contributed by atoms with van der Waals surface area (Å²) < 4.78 is 5.47. The van der Waals surface area contributed by atoms with Crippen LogP contribution in [0.25, 0.3) is 0 Å². The Morgan fingerprint density at radius 1 is 0.960 bits per heavy atom. The van der Waals surface area contributed by atoms with Crippen molar-refractivity contribution in [2.24, 2.45) is 11.1 Å². The molecule has 3 fully saturated rings. The van der Waals surface area contributed by atoms with E-state index in [0.717, 1.165) is 65.1 Å². The Morgan fingerprint density at radius 3 is 2.12 bits per heavy atom. The predicted octanol–water partition coefficient (Wildman–Crippen LogP) is 2.50. The first-order valence-corrected chi connectivity index (χ1v) is 9.49. The molecule has 1 heterocycles. The van der Waals surface area contributed by atoms with Gasteiger partial charge in [0, 0.05) is 31.6 Å². The van der Waals surface area contributed by atoms with Crippen LogP contribution in [0.15, 0.2) is 0 Å². The van der Waals surface area contributed by atoms with E-state index in [2.05, 4.69) is 10.2 Å². The number of carbonyl (C=O) groups excluding carboxylic acids is 1. The highest BCUT2D eigenvalue weighted by Crippen LogP contribution is 2.37. The van der Waals surface area contributed by atoms with Crippen LogP contribution in [0.2, 0.25) is 0 Å². The van der Waals surface area contributed by atoms with E-state index < -0.39 is 5.54 Å². The first-order chi connectivity index (χ1) is 11.1. The van der Waals surface area contributed by atoms with Crippen LogP contribution in [0, 0.1) is 5.41 Å². The number of nitrogens with one attached hydrogen (secondary N) is 1. The average molecular weight is 396 g/mol. The smallest absolute Gasteiger partial charge is 0.240 e. The van der Waals surface area contributed by atoms with Crippen molar-refractivity contribution in [3.63, 3.8) is 0 Å². The van der Waals surface area contributed by atoms with Crippen LogP contribution >= 0.6 is 24.8 Å². The maximum absolute atomic E-state index is 12.6. The molecule has 148 valence electrons. The van der Waals surface area contributed by atoms with E-state index in [1.165, 1.54) is 32.1 Å². The van der Waals surface area contributed by atoms with Crippen LogP contribution in [0.3, 0.4) is 0 Å². The van der Waals surface area contributed by atoms with Gasteiger partial charge in [0.1, 0.15) is 0 Å². The topological polar surface area (TPSA) is 67.6 Å². The van der Waals surface area contributed by atoms with Crippen LogP contribution in [0.5, 0.6) is 0 Å². The number of rotatable bonds is 5. The number of halogens is 2. The van der Waals surface area contributed by atoms with Gasteiger partial charge in [-0.2, -0.15) is 0 Å². The van der Waals surface area contributed by atoms with Gasteiger partial charge in [-0.25, -0.2) is 0 Å². The van der Waals surface area contributed by atoms with Crippen molar-refractivity contribution >= 4 is 30.7 Å². The van der Waals surface area contributed by atoms with Gasteiger partial charge in [-0.3, -0.25) is 9.69 Å². The third-order valence-electron chi connectivity index (χ3n) is 6.15. The highest BCUT2D eigenvalue weighted by Gasteiger charge is 2.39. The van der Waals surface area contributed by atoms with Crippen molar-refractivity contribution < 1.29 is 9.53 Å². The standard InChI is InChI=1S/C18H33N3O2.2ClH/c19-18(8-4-5-9-18)16(22)20-14-17(6-2-1-3-7-17)15-21-10-12-23-13-11-21;;/h1-15,19H2,(H,20,22);2*1H. The molecule has 3 aliphatic rings. The monoisotopic (exact) mass is 395 g/mol. The van der Waals surface area contributed by atoms with E-state index in [1.54, 1.807) is 0 Å². The molecule has 1 amide bonds. The molecule has 3 rings (SSSR count). The van der Waals surface area contributed by atoms with Crippen molar-refractivity contribution in [1.82, 2.24) is 10.2 Å². The van der Waals surface area contributed by atoms with Crippen LogP contribution in [-0.4, -0.2) is 55.7 Å². The lowest BCUT2D eigenvalue weighted by Crippen LogP contribution is -2.56. The van der Waals surface area contributed by atoms with Gasteiger partial charge in [-0.05, 0) is 25.7 Å². The summed E-state index contributed by atoms with van der Waals surface area (Å²) in [7, 11) is 0. The summed E-state index contributed by atoms with van der Waals surface area (Å²) in [5, 5.41) is 3.24. The first-order valence-electron chi connectivity index (χ1n) is 9.49. The van der Waals surface area contributed by atoms with Crippen LogP contribution in [0.4, 0.5) is 0 Å². The second kappa shape index (κ2) is 10.3. The number of morpholine rings is 1. The van der Waals surface area contributed by atoms with E-state index in [0.29, 0.717) is 0 Å². The van der Waals surface area contributed by atoms with E-state index in [9.17, 15) is 4.79 Å². The molecule has 7 heteroatoms. The van der Waals surface area contributed by atoms with Gasteiger partial charge in [-0.1, -0.05) is 32.1 Å². The van der Waals surface area contributed by atoms with Crippen molar-refractivity contribution in [3.8, 4) is 0 Å². The lowest BCUT2D eigenvalue weighted by atomic mass is 9.73. The highest BCUT2D eigenvalue weighted by atomic mass is 35.5. The Hall–Kier alpha value is -0.0700. The third-order valence-corrected chi connectivity index (χ3v) is 6.15. The van der Waals surface area contributed by atoms with Gasteiger partial charge >= 0.3 is 0 Å². The summed E-state index contributed by atoms with van der Waals surface area (Å²) in [4.78, 5) is 15.1. The van der Waals surface area contributed by atoms with E-state index in [-0.39, 0.29) is 36.1 Å². The van der Waals surface area contributed by atoms with Crippen molar-refractivity contribution in [2.75, 3.05) is 39.4 Å². The minimum atomic E-state index is -0.602. The number of nitrogens with zero attached hydrogens (tertiary/aromatic N) is 1. The van der Waals surface area contributed by atoms with Gasteiger partial charge in [0.05, 0.1) is 18.8 Å². The van der Waals surface area contributed by atoms with Gasteiger partial charge in [-0.15, -0.1) is 24.8 Å². The number of ether oxygens (including phenoxy) is 1. The van der Waals surface area contributed by atoms with Crippen LogP contribution in [0.1, 0.15) is 57.8 Å². The maximum atomic E-state index is 12.6. The molecule has 0 spiro atoms. The molecular formula is C18H35Cl2N3O2. The Labute approximate surface area is 164 Å². The minimum Gasteiger partial charge on any atom is -0.379 e.